The summed E-state index contributed by atoms with van der Waals surface area (Å²) < 4.78 is 49.0. The lowest BCUT2D eigenvalue weighted by molar-refractivity contribution is -0.148. The average molecular weight is 442 g/mol. The molecule has 1 unspecified atom stereocenters. The maximum Gasteiger partial charge on any atom is 0.416 e. The topological polar surface area (TPSA) is 76.0 Å². The van der Waals surface area contributed by atoms with Crippen molar-refractivity contribution in [2.75, 3.05) is 7.11 Å². The van der Waals surface area contributed by atoms with Crippen molar-refractivity contribution in [3.05, 3.63) is 101 Å². The third kappa shape index (κ3) is 3.43. The second kappa shape index (κ2) is 7.64. The van der Waals surface area contributed by atoms with Gasteiger partial charge < -0.3 is 19.7 Å². The third-order valence-electron chi connectivity index (χ3n) is 5.33. The number of halogens is 3. The van der Waals surface area contributed by atoms with Crippen molar-refractivity contribution in [1.29, 1.82) is 0 Å². The highest BCUT2D eigenvalue weighted by Crippen LogP contribution is 2.45. The van der Waals surface area contributed by atoms with Gasteiger partial charge in [-0.3, -0.25) is 0 Å². The fraction of sp³-hybridized carbons (Fsp3) is 0.125. The van der Waals surface area contributed by atoms with Gasteiger partial charge in [-0.1, -0.05) is 48.5 Å². The Labute approximate surface area is 181 Å². The van der Waals surface area contributed by atoms with Gasteiger partial charge in [0.1, 0.15) is 5.75 Å². The number of carbonyl (C=O) groups excluding carboxylic acids is 1. The van der Waals surface area contributed by atoms with Crippen molar-refractivity contribution in [3.63, 3.8) is 0 Å². The van der Waals surface area contributed by atoms with E-state index in [1.54, 1.807) is 48.5 Å². The molecule has 0 aromatic heterocycles. The first kappa shape index (κ1) is 21.3. The molecule has 0 radical (unpaired) electrons. The van der Waals surface area contributed by atoms with E-state index in [4.69, 9.17) is 9.47 Å². The molecule has 2 N–H and O–H groups in total. The van der Waals surface area contributed by atoms with E-state index in [1.807, 2.05) is 0 Å². The molecule has 1 aliphatic heterocycles. The van der Waals surface area contributed by atoms with Crippen LogP contribution in [0.4, 0.5) is 13.2 Å². The Morgan fingerprint density at radius 3 is 1.69 bits per heavy atom. The molecule has 1 aliphatic rings. The zero-order chi connectivity index (χ0) is 23.1. The lowest BCUT2D eigenvalue weighted by Gasteiger charge is -2.29. The summed E-state index contributed by atoms with van der Waals surface area (Å²) in [7, 11) is 1.49. The smallest absolute Gasteiger partial charge is 0.416 e. The van der Waals surface area contributed by atoms with Crippen LogP contribution in [0.5, 0.6) is 5.75 Å². The summed E-state index contributed by atoms with van der Waals surface area (Å²) in [4.78, 5) is 12.1. The van der Waals surface area contributed by atoms with Gasteiger partial charge in [0.05, 0.1) is 12.7 Å². The number of carbonyl (C=O) groups is 1. The highest BCUT2D eigenvalue weighted by Gasteiger charge is 2.52. The van der Waals surface area contributed by atoms with Gasteiger partial charge in [0.25, 0.3) is 0 Å². The van der Waals surface area contributed by atoms with Crippen molar-refractivity contribution in [3.8, 4) is 16.9 Å². The van der Waals surface area contributed by atoms with Crippen LogP contribution in [0.2, 0.25) is 0 Å². The average Bonchev–Trinajstić information content (AvgIpc) is 3.03. The SMILES string of the molecule is COc1ccc(C2(c3ccc(-c4ccc(C(F)(F)F)cc4)cc3)OC(=O)C(O)=C2O)cc1. The van der Waals surface area contributed by atoms with Gasteiger partial charge in [0, 0.05) is 11.1 Å². The van der Waals surface area contributed by atoms with Gasteiger partial charge >= 0.3 is 12.1 Å². The van der Waals surface area contributed by atoms with Crippen molar-refractivity contribution in [1.82, 2.24) is 0 Å². The number of hydrogen-bond acceptors (Lipinski definition) is 5. The Kier molecular flexibility index (Phi) is 5.08. The normalized spacial score (nSPS) is 18.6. The number of benzene rings is 3. The first-order valence-electron chi connectivity index (χ1n) is 9.45. The molecular weight excluding hydrogens is 425 g/mol. The Balaban J connectivity index is 1.76. The number of ether oxygens (including phenoxy) is 2. The van der Waals surface area contributed by atoms with Gasteiger partial charge in [-0.15, -0.1) is 0 Å². The largest absolute Gasteiger partial charge is 0.504 e. The number of alkyl halides is 3. The number of methoxy groups -OCH3 is 1. The molecule has 3 aromatic rings. The summed E-state index contributed by atoms with van der Waals surface area (Å²) in [6, 6.07) is 17.5. The summed E-state index contributed by atoms with van der Waals surface area (Å²) in [6.45, 7) is 0. The van der Waals surface area contributed by atoms with Crippen LogP contribution in [-0.2, 0) is 21.3 Å². The fourth-order valence-corrected chi connectivity index (χ4v) is 3.63. The fourth-order valence-electron chi connectivity index (χ4n) is 3.63. The van der Waals surface area contributed by atoms with Crippen molar-refractivity contribution in [2.45, 2.75) is 11.8 Å². The van der Waals surface area contributed by atoms with Crippen LogP contribution in [0.1, 0.15) is 16.7 Å². The summed E-state index contributed by atoms with van der Waals surface area (Å²) in [5.74, 6) is -2.09. The highest BCUT2D eigenvalue weighted by molar-refractivity contribution is 5.91. The van der Waals surface area contributed by atoms with Gasteiger partial charge in [-0.25, -0.2) is 4.79 Å². The van der Waals surface area contributed by atoms with E-state index in [0.29, 0.717) is 28.0 Å². The van der Waals surface area contributed by atoms with Crippen LogP contribution in [0.3, 0.4) is 0 Å². The summed E-state index contributed by atoms with van der Waals surface area (Å²) in [5.41, 5.74) is -0.645. The molecule has 4 rings (SSSR count). The Morgan fingerprint density at radius 1 is 0.812 bits per heavy atom. The monoisotopic (exact) mass is 442 g/mol. The molecule has 0 amide bonds. The lowest BCUT2D eigenvalue weighted by Crippen LogP contribution is -2.31. The van der Waals surface area contributed by atoms with Crippen LogP contribution in [-0.4, -0.2) is 23.3 Å². The second-order valence-electron chi connectivity index (χ2n) is 7.15. The van der Waals surface area contributed by atoms with Crippen LogP contribution >= 0.6 is 0 Å². The molecule has 32 heavy (non-hydrogen) atoms. The van der Waals surface area contributed by atoms with Gasteiger partial charge in [-0.2, -0.15) is 13.2 Å². The van der Waals surface area contributed by atoms with Gasteiger partial charge in [0.2, 0.25) is 11.4 Å². The number of esters is 1. The van der Waals surface area contributed by atoms with Crippen molar-refractivity contribution < 1.29 is 37.7 Å². The minimum absolute atomic E-state index is 0.341. The molecule has 1 heterocycles. The number of aliphatic hydroxyl groups excluding tert-OH is 2. The maximum absolute atomic E-state index is 12.8. The molecule has 1 atom stereocenters. The predicted octanol–water partition coefficient (Wildman–Crippen LogP) is 5.51. The summed E-state index contributed by atoms with van der Waals surface area (Å²) in [5, 5.41) is 20.6. The molecule has 3 aromatic carbocycles. The zero-order valence-electron chi connectivity index (χ0n) is 16.7. The number of cyclic esters (lactones) is 1. The summed E-state index contributed by atoms with van der Waals surface area (Å²) in [6.07, 6.45) is -4.43. The van der Waals surface area contributed by atoms with Crippen molar-refractivity contribution >= 4 is 5.97 Å². The minimum atomic E-state index is -4.43. The standard InChI is InChI=1S/C24H17F3O5/c1-31-19-12-10-17(11-13-19)23(21(29)20(28)22(30)32-23)16-6-2-14(3-7-16)15-4-8-18(9-5-15)24(25,26)27/h2-13,28-29H,1H3. The highest BCUT2D eigenvalue weighted by atomic mass is 19.4. The molecule has 0 aliphatic carbocycles. The van der Waals surface area contributed by atoms with Crippen LogP contribution in [0.25, 0.3) is 11.1 Å². The Hall–Kier alpha value is -3.94. The van der Waals surface area contributed by atoms with Crippen LogP contribution in [0, 0.1) is 0 Å². The quantitative estimate of drug-likeness (QED) is 0.521. The zero-order valence-corrected chi connectivity index (χ0v) is 16.7. The maximum atomic E-state index is 12.8. The first-order valence-corrected chi connectivity index (χ1v) is 9.45. The molecule has 0 spiro atoms. The van der Waals surface area contributed by atoms with Crippen LogP contribution < -0.4 is 4.74 Å². The van der Waals surface area contributed by atoms with Crippen molar-refractivity contribution in [2.24, 2.45) is 0 Å². The molecule has 5 nitrogen and oxygen atoms in total. The molecule has 0 fully saturated rings. The van der Waals surface area contributed by atoms with E-state index >= 15 is 0 Å². The molecule has 0 saturated carbocycles. The Morgan fingerprint density at radius 2 is 1.28 bits per heavy atom. The molecular formula is C24H17F3O5. The van der Waals surface area contributed by atoms with E-state index in [9.17, 15) is 28.2 Å². The molecule has 8 heteroatoms. The summed E-state index contributed by atoms with van der Waals surface area (Å²) >= 11 is 0. The Bertz CT molecular complexity index is 1180. The predicted molar refractivity (Wildman–Crippen MR) is 109 cm³/mol. The van der Waals surface area contributed by atoms with E-state index < -0.39 is 34.8 Å². The molecule has 164 valence electrons. The van der Waals surface area contributed by atoms with E-state index in [1.165, 1.54) is 19.2 Å². The molecule has 0 bridgehead atoms. The minimum Gasteiger partial charge on any atom is -0.504 e. The van der Waals surface area contributed by atoms with E-state index in [2.05, 4.69) is 0 Å². The van der Waals surface area contributed by atoms with Gasteiger partial charge in [0.15, 0.2) is 5.76 Å². The van der Waals surface area contributed by atoms with E-state index in [-0.39, 0.29) is 0 Å². The third-order valence-corrected chi connectivity index (χ3v) is 5.33. The second-order valence-corrected chi connectivity index (χ2v) is 7.15. The number of aliphatic hydroxyl groups is 2. The number of hydrogen-bond donors (Lipinski definition) is 2. The van der Waals surface area contributed by atoms with E-state index in [0.717, 1.165) is 12.1 Å². The van der Waals surface area contributed by atoms with Gasteiger partial charge in [-0.05, 0) is 35.4 Å². The molecule has 0 saturated heterocycles. The van der Waals surface area contributed by atoms with Crippen LogP contribution in [0.15, 0.2) is 84.3 Å². The first-order chi connectivity index (χ1) is 15.2. The number of rotatable bonds is 4. The lowest BCUT2D eigenvalue weighted by atomic mass is 9.84.